The summed E-state index contributed by atoms with van der Waals surface area (Å²) in [7, 11) is -3.74. The van der Waals surface area contributed by atoms with E-state index in [2.05, 4.69) is 39.4 Å². The van der Waals surface area contributed by atoms with Crippen molar-refractivity contribution < 1.29 is 13.6 Å². The Bertz CT molecular complexity index is 354. The molecular weight excluding hydrogens is 272 g/mol. The molecule has 0 aliphatic heterocycles. The molecule has 0 unspecified atom stereocenters. The summed E-state index contributed by atoms with van der Waals surface area (Å²) < 4.78 is 11.3. The third-order valence-electron chi connectivity index (χ3n) is 2.81. The molecule has 0 heterocycles. The molecule has 0 rings (SSSR count). The van der Waals surface area contributed by atoms with Gasteiger partial charge in [-0.1, -0.05) is 18.0 Å². The van der Waals surface area contributed by atoms with Crippen molar-refractivity contribution in [3.63, 3.8) is 0 Å². The first-order valence-electron chi connectivity index (χ1n) is 6.46. The molecule has 0 aromatic heterocycles. The molecule has 0 aliphatic rings. The summed E-state index contributed by atoms with van der Waals surface area (Å²) in [5, 5.41) is 0. The number of carbonyl (C=O) groups excluding carboxylic acids is 1. The Hall–Kier alpha value is -0.916. The van der Waals surface area contributed by atoms with E-state index in [4.69, 9.17) is 8.85 Å². The number of carbonyl (C=O) groups is 1. The van der Waals surface area contributed by atoms with E-state index in [1.54, 1.807) is 6.92 Å². The Morgan fingerprint density at radius 2 is 1.74 bits per heavy atom. The summed E-state index contributed by atoms with van der Waals surface area (Å²) in [4.78, 5) is 11.2. The lowest BCUT2D eigenvalue weighted by Crippen LogP contribution is -2.44. The van der Waals surface area contributed by atoms with Crippen LogP contribution in [0.15, 0.2) is 36.7 Å². The molecule has 0 amide bonds. The van der Waals surface area contributed by atoms with E-state index < -0.39 is 16.6 Å². The van der Waals surface area contributed by atoms with Gasteiger partial charge in [0, 0.05) is 5.57 Å². The molecule has 0 bridgehead atoms. The van der Waals surface area contributed by atoms with Crippen LogP contribution >= 0.6 is 0 Å². The van der Waals surface area contributed by atoms with Crippen molar-refractivity contribution in [2.75, 3.05) is 6.61 Å². The van der Waals surface area contributed by atoms with Crippen LogP contribution in [0, 0.1) is 0 Å². The zero-order chi connectivity index (χ0) is 15.1. The summed E-state index contributed by atoms with van der Waals surface area (Å²) in [6.45, 7) is 19.7. The molecule has 0 radical (unpaired) electrons. The SMILES string of the molecule is C=C[Si](C)(C=C)O[Si](C)(C)CCCOC(=O)C(=C)C. The summed E-state index contributed by atoms with van der Waals surface area (Å²) in [6, 6.07) is 0.945. The predicted octanol–water partition coefficient (Wildman–Crippen LogP) is 3.74. The van der Waals surface area contributed by atoms with Crippen LogP contribution in [0.2, 0.25) is 25.7 Å². The van der Waals surface area contributed by atoms with E-state index in [1.807, 2.05) is 11.4 Å². The average molecular weight is 299 g/mol. The first-order chi connectivity index (χ1) is 8.66. The Labute approximate surface area is 119 Å². The molecule has 0 saturated carbocycles. The summed E-state index contributed by atoms with van der Waals surface area (Å²) >= 11 is 0. The lowest BCUT2D eigenvalue weighted by atomic mass is 10.4. The number of hydrogen-bond donors (Lipinski definition) is 0. The van der Waals surface area contributed by atoms with Crippen LogP contribution in [0.1, 0.15) is 13.3 Å². The highest BCUT2D eigenvalue weighted by molar-refractivity contribution is 6.90. The van der Waals surface area contributed by atoms with Crippen LogP contribution in [-0.2, 0) is 13.6 Å². The second-order valence-electron chi connectivity index (χ2n) is 5.47. The molecule has 108 valence electrons. The van der Waals surface area contributed by atoms with Gasteiger partial charge in [-0.3, -0.25) is 0 Å². The van der Waals surface area contributed by atoms with Crippen LogP contribution in [0.25, 0.3) is 0 Å². The van der Waals surface area contributed by atoms with Gasteiger partial charge < -0.3 is 8.85 Å². The van der Waals surface area contributed by atoms with E-state index in [0.717, 1.165) is 12.5 Å². The number of esters is 1. The zero-order valence-electron chi connectivity index (χ0n) is 12.6. The predicted molar refractivity (Wildman–Crippen MR) is 85.8 cm³/mol. The van der Waals surface area contributed by atoms with Crippen molar-refractivity contribution in [1.29, 1.82) is 0 Å². The molecule has 5 heteroatoms. The minimum absolute atomic E-state index is 0.322. The molecule has 3 nitrogen and oxygen atoms in total. The molecule has 0 spiro atoms. The Balaban J connectivity index is 4.17. The van der Waals surface area contributed by atoms with Gasteiger partial charge >= 0.3 is 5.97 Å². The molecule has 0 aromatic rings. The Morgan fingerprint density at radius 1 is 1.21 bits per heavy atom. The molecule has 0 aliphatic carbocycles. The van der Waals surface area contributed by atoms with Crippen LogP contribution < -0.4 is 0 Å². The van der Waals surface area contributed by atoms with Gasteiger partial charge in [0.1, 0.15) is 0 Å². The maximum absolute atomic E-state index is 11.2. The Kier molecular flexibility index (Phi) is 7.25. The quantitative estimate of drug-likeness (QED) is 0.281. The van der Waals surface area contributed by atoms with Crippen molar-refractivity contribution in [1.82, 2.24) is 0 Å². The van der Waals surface area contributed by atoms with E-state index in [0.29, 0.717) is 12.2 Å². The average Bonchev–Trinajstić information content (AvgIpc) is 2.33. The summed E-state index contributed by atoms with van der Waals surface area (Å²) in [5.74, 6) is -0.322. The number of hydrogen-bond acceptors (Lipinski definition) is 3. The van der Waals surface area contributed by atoms with Gasteiger partial charge in [0.25, 0.3) is 0 Å². The van der Waals surface area contributed by atoms with Crippen LogP contribution in [0.4, 0.5) is 0 Å². The minimum atomic E-state index is -1.97. The summed E-state index contributed by atoms with van der Waals surface area (Å²) in [5.41, 5.74) is 4.23. The van der Waals surface area contributed by atoms with Crippen molar-refractivity contribution >= 4 is 22.6 Å². The van der Waals surface area contributed by atoms with Crippen LogP contribution in [0.3, 0.4) is 0 Å². The molecule has 0 saturated heterocycles. The van der Waals surface area contributed by atoms with Crippen molar-refractivity contribution in [2.45, 2.75) is 39.0 Å². The van der Waals surface area contributed by atoms with Gasteiger partial charge in [-0.05, 0) is 39.0 Å². The van der Waals surface area contributed by atoms with Crippen LogP contribution in [0.5, 0.6) is 0 Å². The third-order valence-corrected chi connectivity index (χ3v) is 9.96. The van der Waals surface area contributed by atoms with E-state index in [9.17, 15) is 4.79 Å². The highest BCUT2D eigenvalue weighted by Gasteiger charge is 2.31. The first-order valence-corrected chi connectivity index (χ1v) is 12.1. The minimum Gasteiger partial charge on any atom is -0.462 e. The largest absolute Gasteiger partial charge is 0.462 e. The van der Waals surface area contributed by atoms with Gasteiger partial charge in [-0.25, -0.2) is 4.79 Å². The van der Waals surface area contributed by atoms with Crippen molar-refractivity contribution in [3.8, 4) is 0 Å². The first kappa shape index (κ1) is 18.1. The number of rotatable bonds is 9. The molecule has 0 N–H and O–H groups in total. The van der Waals surface area contributed by atoms with Gasteiger partial charge in [-0.2, -0.15) is 0 Å². The molecular formula is C14H26O3Si2. The highest BCUT2D eigenvalue weighted by Crippen LogP contribution is 2.21. The fourth-order valence-electron chi connectivity index (χ4n) is 1.60. The van der Waals surface area contributed by atoms with Crippen LogP contribution in [-0.4, -0.2) is 29.2 Å². The lowest BCUT2D eigenvalue weighted by molar-refractivity contribution is -0.138. The molecule has 0 atom stereocenters. The van der Waals surface area contributed by atoms with E-state index in [1.165, 1.54) is 0 Å². The third kappa shape index (κ3) is 7.29. The van der Waals surface area contributed by atoms with Gasteiger partial charge in [0.2, 0.25) is 8.32 Å². The van der Waals surface area contributed by atoms with E-state index >= 15 is 0 Å². The lowest BCUT2D eigenvalue weighted by Gasteiger charge is -2.32. The van der Waals surface area contributed by atoms with Gasteiger partial charge in [0.05, 0.1) is 6.61 Å². The van der Waals surface area contributed by atoms with Crippen molar-refractivity contribution in [2.24, 2.45) is 0 Å². The zero-order valence-corrected chi connectivity index (χ0v) is 14.6. The van der Waals surface area contributed by atoms with Gasteiger partial charge in [-0.15, -0.1) is 13.2 Å². The Morgan fingerprint density at radius 3 is 2.16 bits per heavy atom. The molecule has 19 heavy (non-hydrogen) atoms. The maximum atomic E-state index is 11.2. The monoisotopic (exact) mass is 298 g/mol. The second kappa shape index (κ2) is 7.62. The second-order valence-corrected chi connectivity index (χ2v) is 13.5. The fourth-order valence-corrected chi connectivity index (χ4v) is 8.60. The van der Waals surface area contributed by atoms with E-state index in [-0.39, 0.29) is 5.97 Å². The highest BCUT2D eigenvalue weighted by atomic mass is 28.4. The van der Waals surface area contributed by atoms with Crippen molar-refractivity contribution in [3.05, 3.63) is 36.7 Å². The standard InChI is InChI=1S/C14H26O3Si2/c1-8-19(7,9-2)17-18(5,6)12-10-11-16-14(15)13(3)4/h8-9H,1-3,10-12H2,4-7H3. The smallest absolute Gasteiger partial charge is 0.333 e. The number of ether oxygens (including phenoxy) is 1. The topological polar surface area (TPSA) is 35.5 Å². The van der Waals surface area contributed by atoms with Gasteiger partial charge in [0.15, 0.2) is 8.32 Å². The maximum Gasteiger partial charge on any atom is 0.333 e. The molecule has 0 fully saturated rings. The summed E-state index contributed by atoms with van der Waals surface area (Å²) in [6.07, 6.45) is 0.816. The molecule has 0 aromatic carbocycles. The normalized spacial score (nSPS) is 11.8. The fraction of sp³-hybridized carbons (Fsp3) is 0.500.